The van der Waals surface area contributed by atoms with Gasteiger partial charge in [-0.2, -0.15) is 0 Å². The van der Waals surface area contributed by atoms with Crippen molar-refractivity contribution in [3.8, 4) is 11.4 Å². The Kier molecular flexibility index (Phi) is 6.82. The molecule has 0 saturated heterocycles. The number of hydrogen-bond donors (Lipinski definition) is 2. The number of carbonyl (C=O) groups excluding carboxylic acids is 3. The minimum atomic E-state index is -1.62. The molecule has 2 aliphatic rings. The number of pyridine rings is 2. The predicted molar refractivity (Wildman–Crippen MR) is 133 cm³/mol. The highest BCUT2D eigenvalue weighted by Crippen LogP contribution is 2.41. The van der Waals surface area contributed by atoms with Crippen molar-refractivity contribution in [2.45, 2.75) is 51.4 Å². The number of ether oxygens (including phenoxy) is 2. The van der Waals surface area contributed by atoms with Crippen LogP contribution >= 0.6 is 0 Å². The van der Waals surface area contributed by atoms with E-state index < -0.39 is 66.0 Å². The van der Waals surface area contributed by atoms with Crippen molar-refractivity contribution in [2.24, 2.45) is 0 Å². The maximum atomic E-state index is 13.9. The van der Waals surface area contributed by atoms with Crippen molar-refractivity contribution < 1.29 is 42.5 Å². The van der Waals surface area contributed by atoms with Crippen LogP contribution < -0.4 is 10.9 Å². The molecule has 0 fully saturated rings. The number of nitrogens with zero attached hydrogens (tertiary/aromatic N) is 2. The van der Waals surface area contributed by atoms with Gasteiger partial charge in [0, 0.05) is 29.0 Å². The Bertz CT molecular complexity index is 1670. The summed E-state index contributed by atoms with van der Waals surface area (Å²) in [6.45, 7) is 0.796. The minimum absolute atomic E-state index is 0.0686. The number of fused-ring (bicyclic) bond motifs is 5. The van der Waals surface area contributed by atoms with Crippen LogP contribution in [0, 0.1) is 11.6 Å². The molecule has 0 aliphatic carbocycles. The van der Waals surface area contributed by atoms with Gasteiger partial charge in [-0.15, -0.1) is 0 Å². The molecule has 0 bridgehead atoms. The lowest BCUT2D eigenvalue weighted by atomic mass is 9.85. The largest absolute Gasteiger partial charge is 0.481 e. The Hall–Kier alpha value is -4.68. The summed E-state index contributed by atoms with van der Waals surface area (Å²) in [5.41, 5.74) is -0.304. The molecule has 13 heteroatoms. The van der Waals surface area contributed by atoms with Gasteiger partial charge in [-0.05, 0) is 24.6 Å². The highest BCUT2D eigenvalue weighted by Gasteiger charge is 2.44. The number of esters is 2. The Labute approximate surface area is 224 Å². The summed E-state index contributed by atoms with van der Waals surface area (Å²) in [4.78, 5) is 66.0. The number of amides is 1. The lowest BCUT2D eigenvalue weighted by Crippen LogP contribution is -2.40. The molecule has 2 aliphatic heterocycles. The van der Waals surface area contributed by atoms with Crippen molar-refractivity contribution in [2.75, 3.05) is 6.54 Å². The van der Waals surface area contributed by atoms with Crippen LogP contribution in [0.2, 0.25) is 0 Å². The molecule has 40 heavy (non-hydrogen) atoms. The first kappa shape index (κ1) is 26.9. The van der Waals surface area contributed by atoms with E-state index in [1.54, 1.807) is 19.1 Å². The summed E-state index contributed by atoms with van der Waals surface area (Å²) in [5.74, 6) is -5.55. The van der Waals surface area contributed by atoms with E-state index >= 15 is 0 Å². The lowest BCUT2D eigenvalue weighted by Gasteiger charge is -2.32. The van der Waals surface area contributed by atoms with Crippen LogP contribution in [0.15, 0.2) is 29.1 Å². The van der Waals surface area contributed by atoms with Crippen molar-refractivity contribution >= 4 is 34.7 Å². The monoisotopic (exact) mass is 555 g/mol. The number of hydrogen-bond acceptors (Lipinski definition) is 8. The molecular formula is C27H23F2N3O8. The van der Waals surface area contributed by atoms with Crippen molar-refractivity contribution in [3.05, 3.63) is 62.9 Å². The molecule has 0 unspecified atom stereocenters. The maximum Gasteiger partial charge on any atom is 0.326 e. The van der Waals surface area contributed by atoms with E-state index in [2.05, 4.69) is 10.3 Å². The van der Waals surface area contributed by atoms with Gasteiger partial charge in [0.25, 0.3) is 5.56 Å². The van der Waals surface area contributed by atoms with Crippen LogP contribution in [0.1, 0.15) is 49.3 Å². The highest BCUT2D eigenvalue weighted by atomic mass is 19.2. The molecule has 0 saturated carbocycles. The summed E-state index contributed by atoms with van der Waals surface area (Å²) in [6.07, 6.45) is -1.09. The fourth-order valence-electron chi connectivity index (χ4n) is 5.06. The Balaban J connectivity index is 1.54. The van der Waals surface area contributed by atoms with Gasteiger partial charge in [0.15, 0.2) is 11.6 Å². The molecule has 0 radical (unpaired) electrons. The average molecular weight is 555 g/mol. The molecule has 2 aromatic heterocycles. The topological polar surface area (TPSA) is 154 Å². The first-order valence-electron chi connectivity index (χ1n) is 12.4. The van der Waals surface area contributed by atoms with Gasteiger partial charge >= 0.3 is 17.9 Å². The standard InChI is InChI=1S/C27H23F2N3O8/c1-2-27(40-24(37)10-30-21(33)3-4-22(34)35)9-23(36)39-12-15-16(27)7-20-25-14(11-32(20)26(15)38)5-13-6-17(28)18(29)8-19(13)31-25/h5-8H,2-4,9-12H2,1H3,(H,30,33)(H,34,35)/t27-/m1/s1. The summed E-state index contributed by atoms with van der Waals surface area (Å²) in [7, 11) is 0. The van der Waals surface area contributed by atoms with Crippen LogP contribution in [0.3, 0.4) is 0 Å². The first-order chi connectivity index (χ1) is 19.0. The molecule has 2 N–H and O–H groups in total. The predicted octanol–water partition coefficient (Wildman–Crippen LogP) is 2.28. The zero-order chi connectivity index (χ0) is 28.8. The number of halogens is 2. The smallest absolute Gasteiger partial charge is 0.326 e. The Morgan fingerprint density at radius 3 is 2.62 bits per heavy atom. The fourth-order valence-corrected chi connectivity index (χ4v) is 5.06. The average Bonchev–Trinajstić information content (AvgIpc) is 3.19. The minimum Gasteiger partial charge on any atom is -0.481 e. The van der Waals surface area contributed by atoms with E-state index in [-0.39, 0.29) is 42.6 Å². The molecular weight excluding hydrogens is 532 g/mol. The summed E-state index contributed by atoms with van der Waals surface area (Å²) in [6, 6.07) is 5.20. The number of aliphatic carboxylic acids is 1. The summed E-state index contributed by atoms with van der Waals surface area (Å²) < 4.78 is 40.1. The number of carboxylic acids is 1. The zero-order valence-electron chi connectivity index (χ0n) is 21.2. The quantitative estimate of drug-likeness (QED) is 0.327. The molecule has 4 heterocycles. The number of carboxylic acid groups (broad SMARTS) is 1. The van der Waals surface area contributed by atoms with Crippen LogP contribution in [-0.4, -0.2) is 45.0 Å². The van der Waals surface area contributed by atoms with Gasteiger partial charge in [-0.25, -0.2) is 13.8 Å². The molecule has 1 amide bonds. The van der Waals surface area contributed by atoms with Gasteiger partial charge in [0.2, 0.25) is 5.91 Å². The molecule has 1 aromatic carbocycles. The molecule has 11 nitrogen and oxygen atoms in total. The van der Waals surface area contributed by atoms with Crippen molar-refractivity contribution in [1.29, 1.82) is 0 Å². The van der Waals surface area contributed by atoms with E-state index in [0.29, 0.717) is 22.3 Å². The van der Waals surface area contributed by atoms with Crippen molar-refractivity contribution in [3.63, 3.8) is 0 Å². The van der Waals surface area contributed by atoms with Crippen molar-refractivity contribution in [1.82, 2.24) is 14.9 Å². The lowest BCUT2D eigenvalue weighted by molar-refractivity contribution is -0.167. The Morgan fingerprint density at radius 2 is 1.90 bits per heavy atom. The van der Waals surface area contributed by atoms with E-state index in [4.69, 9.17) is 14.6 Å². The molecule has 5 rings (SSSR count). The van der Waals surface area contributed by atoms with E-state index in [9.17, 15) is 32.8 Å². The number of benzene rings is 1. The summed E-state index contributed by atoms with van der Waals surface area (Å²) in [5, 5.41) is 11.4. The number of cyclic esters (lactones) is 1. The van der Waals surface area contributed by atoms with E-state index in [0.717, 1.165) is 12.1 Å². The number of carbonyl (C=O) groups is 4. The fraction of sp³-hybridized carbons (Fsp3) is 0.333. The molecule has 1 atom stereocenters. The first-order valence-corrected chi connectivity index (χ1v) is 12.4. The van der Waals surface area contributed by atoms with Crippen LogP contribution in [0.5, 0.6) is 0 Å². The van der Waals surface area contributed by atoms with Crippen LogP contribution in [0.25, 0.3) is 22.3 Å². The Morgan fingerprint density at radius 1 is 1.15 bits per heavy atom. The third-order valence-electron chi connectivity index (χ3n) is 7.08. The second-order valence-corrected chi connectivity index (χ2v) is 9.60. The van der Waals surface area contributed by atoms with Gasteiger partial charge < -0.3 is 24.5 Å². The van der Waals surface area contributed by atoms with Crippen LogP contribution in [-0.2, 0) is 47.4 Å². The second-order valence-electron chi connectivity index (χ2n) is 9.60. The third-order valence-corrected chi connectivity index (χ3v) is 7.08. The van der Waals surface area contributed by atoms with Gasteiger partial charge in [-0.1, -0.05) is 6.92 Å². The molecule has 3 aromatic rings. The van der Waals surface area contributed by atoms with Crippen LogP contribution in [0.4, 0.5) is 8.78 Å². The normalized spacial score (nSPS) is 17.3. The zero-order valence-corrected chi connectivity index (χ0v) is 21.2. The third kappa shape index (κ3) is 4.78. The SMILES string of the molecule is CC[C@@]1(OC(=O)CNC(=O)CCC(=O)O)CC(=O)OCc2c1cc1n(c2=O)Cc2cc3cc(F)c(F)cc3nc2-1. The summed E-state index contributed by atoms with van der Waals surface area (Å²) >= 11 is 0. The highest BCUT2D eigenvalue weighted by molar-refractivity contribution is 5.86. The molecule has 0 spiro atoms. The maximum absolute atomic E-state index is 13.9. The number of nitrogens with one attached hydrogen (secondary N) is 1. The number of aromatic nitrogens is 2. The number of rotatable bonds is 7. The molecule has 208 valence electrons. The second kappa shape index (κ2) is 10.1. The van der Waals surface area contributed by atoms with Gasteiger partial charge in [-0.3, -0.25) is 24.0 Å². The van der Waals surface area contributed by atoms with E-state index in [1.807, 2.05) is 0 Å². The van der Waals surface area contributed by atoms with Gasteiger partial charge in [0.1, 0.15) is 18.8 Å². The van der Waals surface area contributed by atoms with Gasteiger partial charge in [0.05, 0.1) is 41.9 Å². The van der Waals surface area contributed by atoms with E-state index in [1.165, 1.54) is 4.57 Å².